The van der Waals surface area contributed by atoms with Crippen molar-refractivity contribution in [2.24, 2.45) is 5.92 Å². The number of hydrogen-bond donors (Lipinski definition) is 0. The van der Waals surface area contributed by atoms with E-state index in [0.717, 1.165) is 23.9 Å². The molecule has 2 atom stereocenters. The van der Waals surface area contributed by atoms with E-state index in [2.05, 4.69) is 22.0 Å². The number of hydrogen-bond acceptors (Lipinski definition) is 2. The van der Waals surface area contributed by atoms with Gasteiger partial charge in [-0.2, -0.15) is 0 Å². The van der Waals surface area contributed by atoms with Crippen LogP contribution >= 0.6 is 15.9 Å². The molecular formula is C10H14BrNO2. The molecule has 1 aliphatic carbocycles. The first-order chi connectivity index (χ1) is 6.74. The highest BCUT2D eigenvalue weighted by atomic mass is 79.9. The largest absolute Gasteiger partial charge is 0.453 e. The van der Waals surface area contributed by atoms with Crippen LogP contribution in [0.3, 0.4) is 0 Å². The van der Waals surface area contributed by atoms with Crippen molar-refractivity contribution in [2.75, 3.05) is 13.7 Å². The molecule has 14 heavy (non-hydrogen) atoms. The molecular weight excluding hydrogens is 246 g/mol. The van der Waals surface area contributed by atoms with Crippen LogP contribution in [-0.4, -0.2) is 30.7 Å². The second-order valence-corrected chi connectivity index (χ2v) is 4.74. The molecule has 0 radical (unpaired) electrons. The Hall–Kier alpha value is -0.510. The molecule has 0 unspecified atom stereocenters. The lowest BCUT2D eigenvalue weighted by Gasteiger charge is -2.29. The second-order valence-electron chi connectivity index (χ2n) is 3.82. The maximum atomic E-state index is 11.5. The summed E-state index contributed by atoms with van der Waals surface area (Å²) in [5.74, 6) is 0.619. The van der Waals surface area contributed by atoms with Gasteiger partial charge in [-0.15, -0.1) is 0 Å². The van der Waals surface area contributed by atoms with Crippen LogP contribution in [0.15, 0.2) is 10.6 Å². The molecule has 0 N–H and O–H groups in total. The number of carbonyl (C=O) groups is 1. The van der Waals surface area contributed by atoms with E-state index in [1.807, 2.05) is 4.90 Å². The number of rotatable bonds is 0. The zero-order valence-corrected chi connectivity index (χ0v) is 9.79. The Balaban J connectivity index is 2.18. The maximum Gasteiger partial charge on any atom is 0.410 e. The van der Waals surface area contributed by atoms with Gasteiger partial charge in [0.2, 0.25) is 0 Å². The van der Waals surface area contributed by atoms with Gasteiger partial charge in [-0.05, 0) is 25.2 Å². The monoisotopic (exact) mass is 259 g/mol. The molecule has 78 valence electrons. The summed E-state index contributed by atoms with van der Waals surface area (Å²) in [6.07, 6.45) is 5.37. The fraction of sp³-hybridized carbons (Fsp3) is 0.700. The molecule has 0 saturated carbocycles. The summed E-state index contributed by atoms with van der Waals surface area (Å²) in [6, 6.07) is 0.233. The minimum Gasteiger partial charge on any atom is -0.453 e. The van der Waals surface area contributed by atoms with Crippen LogP contribution < -0.4 is 0 Å². The van der Waals surface area contributed by atoms with Crippen LogP contribution in [0, 0.1) is 5.92 Å². The second kappa shape index (κ2) is 3.93. The lowest BCUT2D eigenvalue weighted by molar-refractivity contribution is 0.120. The number of halogens is 1. The topological polar surface area (TPSA) is 29.5 Å². The van der Waals surface area contributed by atoms with Crippen molar-refractivity contribution in [3.63, 3.8) is 0 Å². The maximum absolute atomic E-state index is 11.5. The first-order valence-electron chi connectivity index (χ1n) is 4.94. The minimum atomic E-state index is -0.204. The fourth-order valence-corrected chi connectivity index (χ4v) is 3.26. The van der Waals surface area contributed by atoms with Gasteiger partial charge in [-0.25, -0.2) is 4.79 Å². The number of ether oxygens (including phenoxy) is 1. The third kappa shape index (κ3) is 1.56. The Morgan fingerprint density at radius 1 is 1.64 bits per heavy atom. The summed E-state index contributed by atoms with van der Waals surface area (Å²) in [5.41, 5.74) is 0. The van der Waals surface area contributed by atoms with Crippen molar-refractivity contribution in [1.29, 1.82) is 0 Å². The van der Waals surface area contributed by atoms with E-state index >= 15 is 0 Å². The van der Waals surface area contributed by atoms with Gasteiger partial charge >= 0.3 is 6.09 Å². The summed E-state index contributed by atoms with van der Waals surface area (Å²) in [7, 11) is 1.44. The van der Waals surface area contributed by atoms with Crippen molar-refractivity contribution in [2.45, 2.75) is 25.3 Å². The van der Waals surface area contributed by atoms with Gasteiger partial charge in [-0.1, -0.05) is 22.0 Å². The number of nitrogens with zero attached hydrogens (tertiary/aromatic N) is 1. The Morgan fingerprint density at radius 2 is 2.43 bits per heavy atom. The van der Waals surface area contributed by atoms with Crippen LogP contribution in [0.25, 0.3) is 0 Å². The minimum absolute atomic E-state index is 0.204. The van der Waals surface area contributed by atoms with Gasteiger partial charge in [-0.3, -0.25) is 0 Å². The first kappa shape index (κ1) is 10.0. The average Bonchev–Trinajstić information content (AvgIpc) is 2.62. The number of methoxy groups -OCH3 is 1. The normalized spacial score (nSPS) is 31.0. The van der Waals surface area contributed by atoms with Gasteiger partial charge in [0.05, 0.1) is 13.2 Å². The van der Waals surface area contributed by atoms with Crippen molar-refractivity contribution in [3.05, 3.63) is 10.6 Å². The molecule has 0 aromatic carbocycles. The summed E-state index contributed by atoms with van der Waals surface area (Å²) in [4.78, 5) is 13.3. The lowest BCUT2D eigenvalue weighted by Crippen LogP contribution is -2.39. The Kier molecular flexibility index (Phi) is 2.81. The van der Waals surface area contributed by atoms with Crippen LogP contribution in [0.5, 0.6) is 0 Å². The van der Waals surface area contributed by atoms with Crippen LogP contribution in [0.4, 0.5) is 4.79 Å². The number of allylic oxidation sites excluding steroid dienone is 1. The van der Waals surface area contributed by atoms with Crippen molar-refractivity contribution in [3.8, 4) is 0 Å². The van der Waals surface area contributed by atoms with Gasteiger partial charge < -0.3 is 9.64 Å². The molecule has 4 heteroatoms. The van der Waals surface area contributed by atoms with E-state index in [0.29, 0.717) is 5.92 Å². The van der Waals surface area contributed by atoms with Gasteiger partial charge in [0.25, 0.3) is 0 Å². The molecule has 2 aliphatic rings. The first-order valence-corrected chi connectivity index (χ1v) is 5.73. The molecule has 1 saturated heterocycles. The van der Waals surface area contributed by atoms with Gasteiger partial charge in [0.15, 0.2) is 0 Å². The van der Waals surface area contributed by atoms with E-state index in [1.165, 1.54) is 13.5 Å². The van der Waals surface area contributed by atoms with E-state index < -0.39 is 0 Å². The Morgan fingerprint density at radius 3 is 3.14 bits per heavy atom. The predicted molar refractivity (Wildman–Crippen MR) is 57.3 cm³/mol. The molecule has 0 bridgehead atoms. The molecule has 1 heterocycles. The molecule has 0 aromatic heterocycles. The molecule has 1 fully saturated rings. The molecule has 3 nitrogen and oxygen atoms in total. The van der Waals surface area contributed by atoms with Crippen molar-refractivity contribution >= 4 is 22.0 Å². The summed E-state index contributed by atoms with van der Waals surface area (Å²) in [5, 5.41) is 0. The molecule has 1 aliphatic heterocycles. The fourth-order valence-electron chi connectivity index (χ4n) is 2.41. The summed E-state index contributed by atoms with van der Waals surface area (Å²) in [6.45, 7) is 0.824. The Labute approximate surface area is 92.2 Å². The molecule has 1 amide bonds. The predicted octanol–water partition coefficient (Wildman–Crippen LogP) is 2.52. The van der Waals surface area contributed by atoms with E-state index in [9.17, 15) is 4.79 Å². The number of amides is 1. The number of carbonyl (C=O) groups excluding carboxylic acids is 1. The quantitative estimate of drug-likeness (QED) is 0.669. The van der Waals surface area contributed by atoms with E-state index in [-0.39, 0.29) is 12.1 Å². The van der Waals surface area contributed by atoms with Gasteiger partial charge in [0.1, 0.15) is 0 Å². The standard InChI is InChI=1S/C10H14BrNO2/c1-14-10(13)12-6-5-7-3-2-4-8(11)9(7)12/h4,7,9H,2-3,5-6H2,1H3/t7-,9+/m0/s1. The zero-order chi connectivity index (χ0) is 10.1. The SMILES string of the molecule is COC(=O)N1CC[C@@H]2CCC=C(Br)[C@@H]21. The number of fused-ring (bicyclic) bond motifs is 1. The molecule has 0 spiro atoms. The van der Waals surface area contributed by atoms with E-state index in [1.54, 1.807) is 0 Å². The van der Waals surface area contributed by atoms with E-state index in [4.69, 9.17) is 4.74 Å². The highest BCUT2D eigenvalue weighted by Gasteiger charge is 2.40. The summed E-state index contributed by atoms with van der Waals surface area (Å²) >= 11 is 3.54. The highest BCUT2D eigenvalue weighted by Crippen LogP contribution is 2.39. The van der Waals surface area contributed by atoms with Crippen molar-refractivity contribution in [1.82, 2.24) is 4.90 Å². The molecule has 0 aromatic rings. The third-order valence-corrected chi connectivity index (χ3v) is 3.88. The van der Waals surface area contributed by atoms with Gasteiger partial charge in [0, 0.05) is 11.0 Å². The van der Waals surface area contributed by atoms with Crippen LogP contribution in [-0.2, 0) is 4.74 Å². The molecule has 2 rings (SSSR count). The van der Waals surface area contributed by atoms with Crippen LogP contribution in [0.2, 0.25) is 0 Å². The number of likely N-dealkylation sites (tertiary alicyclic amines) is 1. The van der Waals surface area contributed by atoms with Crippen LogP contribution in [0.1, 0.15) is 19.3 Å². The third-order valence-electron chi connectivity index (χ3n) is 3.09. The highest BCUT2D eigenvalue weighted by molar-refractivity contribution is 9.11. The van der Waals surface area contributed by atoms with Crippen molar-refractivity contribution < 1.29 is 9.53 Å². The zero-order valence-electron chi connectivity index (χ0n) is 8.20. The lowest BCUT2D eigenvalue weighted by atomic mass is 9.90. The Bertz CT molecular complexity index is 277. The average molecular weight is 260 g/mol. The summed E-state index contributed by atoms with van der Waals surface area (Å²) < 4.78 is 5.92. The smallest absolute Gasteiger partial charge is 0.410 e.